The summed E-state index contributed by atoms with van der Waals surface area (Å²) in [5, 5.41) is 9.42. The van der Waals surface area contributed by atoms with E-state index in [0.717, 1.165) is 4.90 Å². The Kier molecular flexibility index (Phi) is 7.99. The molecule has 0 saturated heterocycles. The number of carbonyl (C=O) groups is 3. The van der Waals surface area contributed by atoms with Gasteiger partial charge >= 0.3 is 11.9 Å². The number of nitrogens with one attached hydrogen (secondary N) is 1. The second-order valence-electron chi connectivity index (χ2n) is 7.69. The van der Waals surface area contributed by atoms with E-state index in [0.29, 0.717) is 22.6 Å². The second-order valence-corrected chi connectivity index (χ2v) is 7.69. The number of carboxylic acid groups (broad SMARTS) is 1. The Morgan fingerprint density at radius 2 is 1.79 bits per heavy atom. The van der Waals surface area contributed by atoms with Crippen LogP contribution in [0.1, 0.15) is 16.8 Å². The molecule has 1 aromatic heterocycles. The van der Waals surface area contributed by atoms with Gasteiger partial charge in [-0.25, -0.2) is 9.78 Å². The van der Waals surface area contributed by atoms with E-state index in [-0.39, 0.29) is 19.6 Å². The van der Waals surface area contributed by atoms with Crippen molar-refractivity contribution >= 4 is 17.8 Å². The lowest BCUT2D eigenvalue weighted by Gasteiger charge is -2.32. The average molecular weight is 466 g/mol. The molecule has 0 fully saturated rings. The summed E-state index contributed by atoms with van der Waals surface area (Å²) in [7, 11) is 1.52. The molecular formula is C24H26N4O6. The number of methoxy groups -OCH3 is 1. The first-order chi connectivity index (χ1) is 16.3. The lowest BCUT2D eigenvalue weighted by Crippen LogP contribution is -2.63. The molecule has 34 heavy (non-hydrogen) atoms. The molecule has 178 valence electrons. The third-order valence-electron chi connectivity index (χ3n) is 5.13. The van der Waals surface area contributed by atoms with Crippen LogP contribution in [0.15, 0.2) is 67.1 Å². The number of rotatable bonds is 11. The van der Waals surface area contributed by atoms with Gasteiger partial charge in [-0.05, 0) is 23.3 Å². The fourth-order valence-corrected chi connectivity index (χ4v) is 3.37. The van der Waals surface area contributed by atoms with E-state index >= 15 is 0 Å². The molecule has 1 heterocycles. The highest BCUT2D eigenvalue weighted by atomic mass is 16.5. The fraction of sp³-hybridized carbons (Fsp3) is 0.250. The molecule has 2 aromatic carbocycles. The lowest BCUT2D eigenvalue weighted by molar-refractivity contribution is -0.161. The number of amides is 1. The third-order valence-corrected chi connectivity index (χ3v) is 5.13. The van der Waals surface area contributed by atoms with Crippen molar-refractivity contribution in [2.75, 3.05) is 13.7 Å². The number of esters is 1. The minimum atomic E-state index is -2.18. The molecule has 0 radical (unpaired) electrons. The van der Waals surface area contributed by atoms with Gasteiger partial charge in [-0.3, -0.25) is 9.59 Å². The van der Waals surface area contributed by atoms with Gasteiger partial charge in [0, 0.05) is 24.9 Å². The molecule has 0 saturated carbocycles. The zero-order chi connectivity index (χ0) is 24.6. The Balaban J connectivity index is 1.87. The maximum atomic E-state index is 13.6. The Bertz CT molecular complexity index is 1100. The number of benzene rings is 2. The number of imidazole rings is 1. The second kappa shape index (κ2) is 11.1. The van der Waals surface area contributed by atoms with Gasteiger partial charge in [-0.15, -0.1) is 0 Å². The van der Waals surface area contributed by atoms with E-state index in [2.05, 4.69) is 9.97 Å². The van der Waals surface area contributed by atoms with Crippen molar-refractivity contribution in [1.82, 2.24) is 14.9 Å². The largest absolute Gasteiger partial charge is 0.497 e. The summed E-state index contributed by atoms with van der Waals surface area (Å²) in [5.74, 6) is -2.49. The van der Waals surface area contributed by atoms with Crippen molar-refractivity contribution in [3.63, 3.8) is 0 Å². The number of nitrogens with zero attached hydrogens (tertiary/aromatic N) is 2. The quantitative estimate of drug-likeness (QED) is 0.285. The number of hydrogen-bond donors (Lipinski definition) is 3. The number of hydrogen-bond acceptors (Lipinski definition) is 7. The number of carbonyl (C=O) groups excluding carboxylic acids is 2. The van der Waals surface area contributed by atoms with Crippen LogP contribution in [0, 0.1) is 0 Å². The number of aromatic amines is 1. The lowest BCUT2D eigenvalue weighted by atomic mass is 9.92. The molecule has 10 heteroatoms. The summed E-state index contributed by atoms with van der Waals surface area (Å²) in [6.07, 6.45) is 2.57. The first-order valence-electron chi connectivity index (χ1n) is 10.4. The molecule has 0 aliphatic carbocycles. The third kappa shape index (κ3) is 6.20. The predicted molar refractivity (Wildman–Crippen MR) is 121 cm³/mol. The minimum Gasteiger partial charge on any atom is -0.497 e. The van der Waals surface area contributed by atoms with Crippen LogP contribution in [0.2, 0.25) is 0 Å². The molecule has 3 rings (SSSR count). The van der Waals surface area contributed by atoms with Gasteiger partial charge in [0.05, 0.1) is 13.4 Å². The van der Waals surface area contributed by atoms with Crippen molar-refractivity contribution < 1.29 is 29.0 Å². The molecular weight excluding hydrogens is 440 g/mol. The minimum absolute atomic E-state index is 0.0803. The Morgan fingerprint density at radius 1 is 1.09 bits per heavy atom. The summed E-state index contributed by atoms with van der Waals surface area (Å²) >= 11 is 0. The van der Waals surface area contributed by atoms with Gasteiger partial charge < -0.3 is 30.2 Å². The van der Waals surface area contributed by atoms with Crippen molar-refractivity contribution in [3.05, 3.63) is 83.9 Å². The molecule has 1 atom stereocenters. The number of aromatic nitrogens is 2. The molecule has 0 aliphatic heterocycles. The summed E-state index contributed by atoms with van der Waals surface area (Å²) in [6, 6.07) is 15.7. The maximum absolute atomic E-state index is 13.6. The number of ether oxygens (including phenoxy) is 2. The highest BCUT2D eigenvalue weighted by Gasteiger charge is 2.47. The highest BCUT2D eigenvalue weighted by Crippen LogP contribution is 2.20. The van der Waals surface area contributed by atoms with Gasteiger partial charge in [0.1, 0.15) is 18.9 Å². The normalized spacial score (nSPS) is 12.4. The van der Waals surface area contributed by atoms with Crippen molar-refractivity contribution in [3.8, 4) is 5.75 Å². The van der Waals surface area contributed by atoms with Gasteiger partial charge in [-0.1, -0.05) is 42.5 Å². The van der Waals surface area contributed by atoms with Crippen molar-refractivity contribution in [2.24, 2.45) is 5.73 Å². The Hall–Kier alpha value is -4.18. The standard InChI is InChI=1S/C24H26N4O6/c1-33-20-9-7-17(8-10-20)13-28(14-21(29)30)22(31)24(25,11-19-12-26-16-27-19)23(32)34-15-18-5-3-2-4-6-18/h2-10,12,16H,11,13-15,25H2,1H3,(H,26,27)(H,29,30). The first kappa shape index (κ1) is 24.5. The molecule has 0 spiro atoms. The van der Waals surface area contributed by atoms with Crippen molar-refractivity contribution in [2.45, 2.75) is 25.1 Å². The monoisotopic (exact) mass is 466 g/mol. The Labute approximate surface area is 196 Å². The van der Waals surface area contributed by atoms with Crippen LogP contribution in [-0.2, 0) is 38.7 Å². The van der Waals surface area contributed by atoms with Gasteiger partial charge in [0.2, 0.25) is 0 Å². The predicted octanol–water partition coefficient (Wildman–Crippen LogP) is 1.52. The smallest absolute Gasteiger partial charge is 0.336 e. The highest BCUT2D eigenvalue weighted by molar-refractivity contribution is 6.08. The zero-order valence-electron chi connectivity index (χ0n) is 18.6. The van der Waals surface area contributed by atoms with E-state index in [1.54, 1.807) is 48.5 Å². The summed E-state index contributed by atoms with van der Waals surface area (Å²) in [5.41, 5.74) is 5.99. The average Bonchev–Trinajstić information content (AvgIpc) is 3.35. The molecule has 10 nitrogen and oxygen atoms in total. The van der Waals surface area contributed by atoms with E-state index < -0.39 is 29.9 Å². The van der Waals surface area contributed by atoms with Gasteiger partial charge in [0.25, 0.3) is 5.91 Å². The molecule has 1 unspecified atom stereocenters. The van der Waals surface area contributed by atoms with Crippen LogP contribution in [0.5, 0.6) is 5.75 Å². The number of H-pyrrole nitrogens is 1. The number of aliphatic carboxylic acids is 1. The summed E-state index contributed by atoms with van der Waals surface area (Å²) in [6.45, 7) is -0.825. The van der Waals surface area contributed by atoms with E-state index in [9.17, 15) is 19.5 Å². The maximum Gasteiger partial charge on any atom is 0.336 e. The van der Waals surface area contributed by atoms with Gasteiger partial charge in [0.15, 0.2) is 5.54 Å². The Morgan fingerprint density at radius 3 is 2.38 bits per heavy atom. The first-order valence-corrected chi connectivity index (χ1v) is 10.4. The van der Waals surface area contributed by atoms with E-state index in [1.807, 2.05) is 6.07 Å². The molecule has 0 bridgehead atoms. The summed E-state index contributed by atoms with van der Waals surface area (Å²) < 4.78 is 10.5. The summed E-state index contributed by atoms with van der Waals surface area (Å²) in [4.78, 5) is 46.0. The van der Waals surface area contributed by atoms with Crippen LogP contribution in [0.25, 0.3) is 0 Å². The molecule has 1 amide bonds. The number of nitrogens with two attached hydrogens (primary N) is 1. The topological polar surface area (TPSA) is 148 Å². The molecule has 4 N–H and O–H groups in total. The van der Waals surface area contributed by atoms with Crippen LogP contribution in [-0.4, -0.2) is 57.0 Å². The SMILES string of the molecule is COc1ccc(CN(CC(=O)O)C(=O)C(N)(Cc2cnc[nH]2)C(=O)OCc2ccccc2)cc1. The molecule has 0 aliphatic rings. The number of carboxylic acids is 1. The van der Waals surface area contributed by atoms with Crippen LogP contribution >= 0.6 is 0 Å². The van der Waals surface area contributed by atoms with Crippen LogP contribution in [0.4, 0.5) is 0 Å². The van der Waals surface area contributed by atoms with E-state index in [1.165, 1.54) is 19.6 Å². The van der Waals surface area contributed by atoms with Gasteiger partial charge in [-0.2, -0.15) is 0 Å². The van der Waals surface area contributed by atoms with Crippen LogP contribution < -0.4 is 10.5 Å². The zero-order valence-corrected chi connectivity index (χ0v) is 18.6. The van der Waals surface area contributed by atoms with Crippen LogP contribution in [0.3, 0.4) is 0 Å². The van der Waals surface area contributed by atoms with E-state index in [4.69, 9.17) is 15.2 Å². The molecule has 3 aromatic rings. The fourth-order valence-electron chi connectivity index (χ4n) is 3.37. The van der Waals surface area contributed by atoms with Crippen molar-refractivity contribution in [1.29, 1.82) is 0 Å².